The Morgan fingerprint density at radius 2 is 1.89 bits per heavy atom. The predicted octanol–water partition coefficient (Wildman–Crippen LogP) is 5.49. The molecule has 0 radical (unpaired) electrons. The number of nitrogens with zero attached hydrogens (tertiary/aromatic N) is 2. The van der Waals surface area contributed by atoms with Crippen LogP contribution in [0.25, 0.3) is 0 Å². The van der Waals surface area contributed by atoms with Crippen LogP contribution in [0.1, 0.15) is 24.4 Å². The molecule has 0 amide bonds. The topological polar surface area (TPSA) is 24.8 Å². The highest BCUT2D eigenvalue weighted by Crippen LogP contribution is 2.40. The van der Waals surface area contributed by atoms with Crippen molar-refractivity contribution in [2.45, 2.75) is 24.9 Å². The Kier molecular flexibility index (Phi) is 4.93. The van der Waals surface area contributed by atoms with E-state index < -0.39 is 0 Å². The highest BCUT2D eigenvalue weighted by molar-refractivity contribution is 6.05. The molecule has 27 heavy (non-hydrogen) atoms. The average Bonchev–Trinajstić information content (AvgIpc) is 2.72. The Hall–Kier alpha value is -3.07. The normalized spacial score (nSPS) is 22.9. The van der Waals surface area contributed by atoms with Gasteiger partial charge in [0.2, 0.25) is 0 Å². The van der Waals surface area contributed by atoms with Gasteiger partial charge in [0.15, 0.2) is 0 Å². The van der Waals surface area contributed by atoms with Crippen LogP contribution < -0.4 is 9.64 Å². The highest BCUT2D eigenvalue weighted by atomic mass is 16.5. The summed E-state index contributed by atoms with van der Waals surface area (Å²) < 4.78 is 5.31. The van der Waals surface area contributed by atoms with E-state index in [9.17, 15) is 0 Å². The highest BCUT2D eigenvalue weighted by Gasteiger charge is 2.36. The molecule has 0 saturated carbocycles. The molecule has 136 valence electrons. The zero-order valence-corrected chi connectivity index (χ0v) is 15.6. The fourth-order valence-electron chi connectivity index (χ4n) is 3.62. The van der Waals surface area contributed by atoms with Crippen LogP contribution in [-0.2, 0) is 0 Å². The third kappa shape index (κ3) is 3.59. The van der Waals surface area contributed by atoms with Crippen LogP contribution in [0.4, 0.5) is 5.69 Å². The van der Waals surface area contributed by atoms with Gasteiger partial charge in [0.25, 0.3) is 0 Å². The number of benzene rings is 2. The summed E-state index contributed by atoms with van der Waals surface area (Å²) in [4.78, 5) is 7.37. The van der Waals surface area contributed by atoms with Crippen molar-refractivity contribution in [3.63, 3.8) is 0 Å². The number of aliphatic imine (C=N–C) groups is 1. The molecule has 0 bridgehead atoms. The molecule has 2 unspecified atom stereocenters. The van der Waals surface area contributed by atoms with Gasteiger partial charge < -0.3 is 9.64 Å². The zero-order valence-electron chi connectivity index (χ0n) is 15.6. The molecule has 2 aliphatic rings. The fraction of sp³-hybridized carbons (Fsp3) is 0.208. The standard InChI is InChI=1S/C24H24N2O/c1-3-18-9-11-20(12-10-18)25-24-17-23(19-7-5-4-6-8-19)26(24)21-13-15-22(27-2)16-14-21/h3-11,13-16,20,23H,1,12,17H2,2H3. The van der Waals surface area contributed by atoms with E-state index >= 15 is 0 Å². The molecule has 4 rings (SSSR count). The summed E-state index contributed by atoms with van der Waals surface area (Å²) in [7, 11) is 1.69. The first-order valence-corrected chi connectivity index (χ1v) is 9.34. The molecule has 1 fully saturated rings. The lowest BCUT2D eigenvalue weighted by atomic mass is 9.92. The Bertz CT molecular complexity index is 894. The van der Waals surface area contributed by atoms with Crippen LogP contribution in [0.2, 0.25) is 0 Å². The number of rotatable bonds is 5. The molecule has 1 saturated heterocycles. The smallest absolute Gasteiger partial charge is 0.119 e. The van der Waals surface area contributed by atoms with E-state index in [1.54, 1.807) is 7.11 Å². The van der Waals surface area contributed by atoms with Gasteiger partial charge in [-0.15, -0.1) is 0 Å². The monoisotopic (exact) mass is 356 g/mol. The van der Waals surface area contributed by atoms with Crippen molar-refractivity contribution in [1.29, 1.82) is 0 Å². The second kappa shape index (κ2) is 7.67. The van der Waals surface area contributed by atoms with Crippen molar-refractivity contribution in [3.05, 3.63) is 96.6 Å². The van der Waals surface area contributed by atoms with Crippen molar-refractivity contribution in [1.82, 2.24) is 0 Å². The van der Waals surface area contributed by atoms with Crippen LogP contribution >= 0.6 is 0 Å². The first-order valence-electron chi connectivity index (χ1n) is 9.34. The van der Waals surface area contributed by atoms with Crippen molar-refractivity contribution in [2.24, 2.45) is 4.99 Å². The average molecular weight is 356 g/mol. The lowest BCUT2D eigenvalue weighted by Crippen LogP contribution is -2.47. The molecular weight excluding hydrogens is 332 g/mol. The first kappa shape index (κ1) is 17.3. The van der Waals surface area contributed by atoms with Gasteiger partial charge in [0.05, 0.1) is 19.2 Å². The molecule has 1 aliphatic carbocycles. The summed E-state index contributed by atoms with van der Waals surface area (Å²) in [5, 5.41) is 0. The molecule has 0 aromatic heterocycles. The fourth-order valence-corrected chi connectivity index (χ4v) is 3.62. The number of methoxy groups -OCH3 is 1. The molecule has 0 spiro atoms. The minimum absolute atomic E-state index is 0.196. The lowest BCUT2D eigenvalue weighted by Gasteiger charge is -2.44. The van der Waals surface area contributed by atoms with Crippen LogP contribution in [0.5, 0.6) is 5.75 Å². The maximum absolute atomic E-state index is 5.31. The lowest BCUT2D eigenvalue weighted by molar-refractivity contribution is 0.415. The molecule has 1 heterocycles. The molecule has 2 aromatic rings. The second-order valence-corrected chi connectivity index (χ2v) is 6.81. The minimum Gasteiger partial charge on any atom is -0.497 e. The molecule has 3 nitrogen and oxygen atoms in total. The zero-order chi connectivity index (χ0) is 18.6. The van der Waals surface area contributed by atoms with Crippen LogP contribution in [0.3, 0.4) is 0 Å². The quantitative estimate of drug-likeness (QED) is 0.708. The summed E-state index contributed by atoms with van der Waals surface area (Å²) >= 11 is 0. The number of anilines is 1. The molecule has 2 atom stereocenters. The van der Waals surface area contributed by atoms with Crippen molar-refractivity contribution in [2.75, 3.05) is 12.0 Å². The Morgan fingerprint density at radius 3 is 2.52 bits per heavy atom. The van der Waals surface area contributed by atoms with E-state index in [-0.39, 0.29) is 6.04 Å². The van der Waals surface area contributed by atoms with Crippen LogP contribution in [-0.4, -0.2) is 19.0 Å². The second-order valence-electron chi connectivity index (χ2n) is 6.81. The SMILES string of the molecule is C=CC1=CCC(N=C2CC(c3ccccc3)N2c2ccc(OC)cc2)C=C1. The van der Waals surface area contributed by atoms with Gasteiger partial charge in [0.1, 0.15) is 11.6 Å². The van der Waals surface area contributed by atoms with Gasteiger partial charge in [-0.3, -0.25) is 4.99 Å². The maximum Gasteiger partial charge on any atom is 0.119 e. The van der Waals surface area contributed by atoms with Crippen LogP contribution in [0.15, 0.2) is 96.0 Å². The van der Waals surface area contributed by atoms with E-state index in [2.05, 4.69) is 72.2 Å². The number of ether oxygens (including phenoxy) is 1. The van der Waals surface area contributed by atoms with Crippen molar-refractivity contribution < 1.29 is 4.74 Å². The van der Waals surface area contributed by atoms with E-state index in [1.807, 2.05) is 18.2 Å². The summed E-state index contributed by atoms with van der Waals surface area (Å²) in [5.41, 5.74) is 3.64. The van der Waals surface area contributed by atoms with Crippen molar-refractivity contribution >= 4 is 11.5 Å². The van der Waals surface area contributed by atoms with E-state index in [0.29, 0.717) is 6.04 Å². The predicted molar refractivity (Wildman–Crippen MR) is 113 cm³/mol. The van der Waals surface area contributed by atoms with E-state index in [0.717, 1.165) is 30.1 Å². The summed E-state index contributed by atoms with van der Waals surface area (Å²) in [5.74, 6) is 2.01. The molecular formula is C24H24N2O. The summed E-state index contributed by atoms with van der Waals surface area (Å²) in [6.07, 6.45) is 10.2. The number of hydrogen-bond donors (Lipinski definition) is 0. The van der Waals surface area contributed by atoms with Crippen LogP contribution in [0, 0.1) is 0 Å². The Balaban J connectivity index is 1.61. The first-order chi connectivity index (χ1) is 13.3. The molecule has 3 heteroatoms. The van der Waals surface area contributed by atoms with Gasteiger partial charge in [0, 0.05) is 12.1 Å². The third-order valence-electron chi connectivity index (χ3n) is 5.16. The summed E-state index contributed by atoms with van der Waals surface area (Å²) in [6.45, 7) is 3.83. The number of amidine groups is 1. The summed E-state index contributed by atoms with van der Waals surface area (Å²) in [6, 6.07) is 19.4. The molecule has 2 aromatic carbocycles. The van der Waals surface area contributed by atoms with Gasteiger partial charge in [-0.2, -0.15) is 0 Å². The third-order valence-corrected chi connectivity index (χ3v) is 5.16. The van der Waals surface area contributed by atoms with Gasteiger partial charge in [-0.25, -0.2) is 0 Å². The van der Waals surface area contributed by atoms with Gasteiger partial charge in [-0.1, -0.05) is 61.2 Å². The van der Waals surface area contributed by atoms with Gasteiger partial charge >= 0.3 is 0 Å². The number of allylic oxidation sites excluding steroid dienone is 3. The number of hydrogen-bond acceptors (Lipinski definition) is 2. The molecule has 1 aliphatic heterocycles. The Morgan fingerprint density at radius 1 is 1.11 bits per heavy atom. The van der Waals surface area contributed by atoms with Gasteiger partial charge in [-0.05, 0) is 41.8 Å². The Labute approximate surface area is 161 Å². The van der Waals surface area contributed by atoms with E-state index in [1.165, 1.54) is 11.1 Å². The maximum atomic E-state index is 5.31. The largest absolute Gasteiger partial charge is 0.497 e. The van der Waals surface area contributed by atoms with E-state index in [4.69, 9.17) is 9.73 Å². The van der Waals surface area contributed by atoms with Crippen molar-refractivity contribution in [3.8, 4) is 5.75 Å². The minimum atomic E-state index is 0.196. The molecule has 0 N–H and O–H groups in total.